The quantitative estimate of drug-likeness (QED) is 0.539. The van der Waals surface area contributed by atoms with Crippen LogP contribution in [0.3, 0.4) is 0 Å². The third kappa shape index (κ3) is 2.88. The highest BCUT2D eigenvalue weighted by Crippen LogP contribution is 2.23. The number of nitrogens with zero attached hydrogens (tertiary/aromatic N) is 4. The number of nitrogens with one attached hydrogen (secondary N) is 2. The molecule has 3 rings (SSSR count). The van der Waals surface area contributed by atoms with E-state index in [9.17, 15) is 14.7 Å². The van der Waals surface area contributed by atoms with Gasteiger partial charge in [-0.05, 0) is 26.0 Å². The van der Waals surface area contributed by atoms with Gasteiger partial charge >= 0.3 is 6.03 Å². The Hall–Kier alpha value is -3.10. The smallest absolute Gasteiger partial charge is 0.325 e. The number of guanidine groups is 1. The molecular weight excluding hydrogens is 324 g/mol. The fourth-order valence-electron chi connectivity index (χ4n) is 2.94. The Kier molecular flexibility index (Phi) is 4.30. The van der Waals surface area contributed by atoms with Gasteiger partial charge in [-0.15, -0.1) is 0 Å². The highest BCUT2D eigenvalue weighted by atomic mass is 16.3. The fraction of sp³-hybridized carbons (Fsp3) is 0.375. The number of fused-ring (bicyclic) bond motifs is 1. The molecule has 3 amide bonds. The van der Waals surface area contributed by atoms with Crippen molar-refractivity contribution in [1.82, 2.24) is 20.5 Å². The molecule has 9 nitrogen and oxygen atoms in total. The number of hydrazone groups is 1. The van der Waals surface area contributed by atoms with Gasteiger partial charge in [0.2, 0.25) is 5.96 Å². The van der Waals surface area contributed by atoms with Crippen molar-refractivity contribution in [3.63, 3.8) is 0 Å². The van der Waals surface area contributed by atoms with E-state index in [1.165, 1.54) is 4.90 Å². The summed E-state index contributed by atoms with van der Waals surface area (Å²) in [6.45, 7) is 4.17. The molecule has 1 aromatic carbocycles. The monoisotopic (exact) mass is 344 g/mol. The summed E-state index contributed by atoms with van der Waals surface area (Å²) in [5.41, 5.74) is 4.02. The van der Waals surface area contributed by atoms with Crippen LogP contribution in [0, 0.1) is 0 Å². The highest BCUT2D eigenvalue weighted by molar-refractivity contribution is 6.04. The van der Waals surface area contributed by atoms with E-state index in [-0.39, 0.29) is 11.7 Å². The molecular formula is C16H20N6O3. The summed E-state index contributed by atoms with van der Waals surface area (Å²) < 4.78 is 0. The van der Waals surface area contributed by atoms with Crippen LogP contribution >= 0.6 is 0 Å². The maximum Gasteiger partial charge on any atom is 0.325 e. The van der Waals surface area contributed by atoms with Crippen LogP contribution in [-0.2, 0) is 4.79 Å². The lowest BCUT2D eigenvalue weighted by atomic mass is 10.1. The number of aliphatic imine (C=N–C) groups is 1. The second-order valence-electron chi connectivity index (χ2n) is 5.83. The van der Waals surface area contributed by atoms with Gasteiger partial charge < -0.3 is 14.9 Å². The van der Waals surface area contributed by atoms with E-state index in [0.717, 1.165) is 0 Å². The molecule has 2 atom stereocenters. The topological polar surface area (TPSA) is 110 Å². The second kappa shape index (κ2) is 6.42. The van der Waals surface area contributed by atoms with Crippen LogP contribution in [0.5, 0.6) is 5.75 Å². The maximum atomic E-state index is 12.2. The SMILES string of the molecule is CCN1C(N/N=C(\C)c2ccccc2O)=NC2C1C(=O)NC(=O)N2C. The van der Waals surface area contributed by atoms with Crippen molar-refractivity contribution in [3.8, 4) is 5.75 Å². The van der Waals surface area contributed by atoms with Crippen LogP contribution in [-0.4, -0.2) is 64.3 Å². The Morgan fingerprint density at radius 2 is 2.12 bits per heavy atom. The average Bonchev–Trinajstić information content (AvgIpc) is 2.97. The van der Waals surface area contributed by atoms with Gasteiger partial charge in [0.1, 0.15) is 5.75 Å². The predicted octanol–water partition coefficient (Wildman–Crippen LogP) is 0.274. The van der Waals surface area contributed by atoms with Crippen LogP contribution in [0.25, 0.3) is 0 Å². The zero-order valence-corrected chi connectivity index (χ0v) is 14.2. The average molecular weight is 344 g/mol. The van der Waals surface area contributed by atoms with Gasteiger partial charge in [0.25, 0.3) is 5.91 Å². The van der Waals surface area contributed by atoms with Crippen molar-refractivity contribution in [2.45, 2.75) is 26.1 Å². The molecule has 0 bridgehead atoms. The number of imide groups is 1. The molecule has 2 aliphatic heterocycles. The summed E-state index contributed by atoms with van der Waals surface area (Å²) in [5.74, 6) is 0.158. The van der Waals surface area contributed by atoms with Crippen molar-refractivity contribution in [1.29, 1.82) is 0 Å². The maximum absolute atomic E-state index is 12.2. The van der Waals surface area contributed by atoms with E-state index < -0.39 is 18.2 Å². The Morgan fingerprint density at radius 3 is 2.80 bits per heavy atom. The molecule has 2 aliphatic rings. The molecule has 0 radical (unpaired) electrons. The zero-order chi connectivity index (χ0) is 18.1. The standard InChI is InChI=1S/C16H20N6O3/c1-4-22-12-13(21(3)16(25)18-14(12)24)17-15(22)20-19-9(2)10-7-5-6-8-11(10)23/h5-8,12-13,23H,4H2,1-3H3,(H,17,20)(H,18,24,25)/b19-9+. The Morgan fingerprint density at radius 1 is 1.40 bits per heavy atom. The summed E-state index contributed by atoms with van der Waals surface area (Å²) in [5, 5.41) is 16.5. The number of carbonyl (C=O) groups excluding carboxylic acids is 2. The third-order valence-corrected chi connectivity index (χ3v) is 4.32. The number of hydrogen-bond acceptors (Lipinski definition) is 7. The van der Waals surface area contributed by atoms with Crippen molar-refractivity contribution in [2.75, 3.05) is 13.6 Å². The molecule has 0 saturated carbocycles. The Balaban J connectivity index is 1.84. The normalized spacial score (nSPS) is 23.3. The van der Waals surface area contributed by atoms with Gasteiger partial charge in [-0.3, -0.25) is 10.1 Å². The second-order valence-corrected chi connectivity index (χ2v) is 5.83. The largest absolute Gasteiger partial charge is 0.507 e. The molecule has 2 heterocycles. The third-order valence-electron chi connectivity index (χ3n) is 4.32. The lowest BCUT2D eigenvalue weighted by molar-refractivity contribution is -0.127. The van der Waals surface area contributed by atoms with E-state index >= 15 is 0 Å². The number of urea groups is 1. The Bertz CT molecular complexity index is 775. The zero-order valence-electron chi connectivity index (χ0n) is 14.2. The van der Waals surface area contributed by atoms with Crippen molar-refractivity contribution in [2.24, 2.45) is 10.1 Å². The van der Waals surface area contributed by atoms with Crippen LogP contribution in [0.2, 0.25) is 0 Å². The van der Waals surface area contributed by atoms with Gasteiger partial charge in [0.15, 0.2) is 12.2 Å². The van der Waals surface area contributed by atoms with Gasteiger partial charge in [-0.25, -0.2) is 15.2 Å². The van der Waals surface area contributed by atoms with Crippen LogP contribution in [0.15, 0.2) is 34.4 Å². The van der Waals surface area contributed by atoms with E-state index in [0.29, 0.717) is 23.8 Å². The lowest BCUT2D eigenvalue weighted by Crippen LogP contribution is -2.64. The molecule has 0 spiro atoms. The number of hydrogen-bond donors (Lipinski definition) is 3. The van der Waals surface area contributed by atoms with E-state index in [1.54, 1.807) is 43.1 Å². The first-order valence-corrected chi connectivity index (χ1v) is 7.94. The molecule has 1 aromatic rings. The predicted molar refractivity (Wildman–Crippen MR) is 92.1 cm³/mol. The minimum absolute atomic E-state index is 0.129. The number of phenols is 1. The molecule has 3 N–H and O–H groups in total. The lowest BCUT2D eigenvalue weighted by Gasteiger charge is -2.35. The van der Waals surface area contributed by atoms with Gasteiger partial charge in [-0.2, -0.15) is 5.10 Å². The molecule has 1 saturated heterocycles. The number of phenolic OH excluding ortho intramolecular Hbond substituents is 1. The van der Waals surface area contributed by atoms with Crippen LogP contribution in [0.1, 0.15) is 19.4 Å². The van der Waals surface area contributed by atoms with Gasteiger partial charge in [-0.1, -0.05) is 12.1 Å². The van der Waals surface area contributed by atoms with Crippen molar-refractivity contribution < 1.29 is 14.7 Å². The van der Waals surface area contributed by atoms with Crippen molar-refractivity contribution in [3.05, 3.63) is 29.8 Å². The number of para-hydroxylation sites is 1. The number of amides is 3. The number of benzene rings is 1. The minimum Gasteiger partial charge on any atom is -0.507 e. The fourth-order valence-corrected chi connectivity index (χ4v) is 2.94. The molecule has 9 heteroatoms. The van der Waals surface area contributed by atoms with Gasteiger partial charge in [0, 0.05) is 19.2 Å². The molecule has 25 heavy (non-hydrogen) atoms. The molecule has 132 valence electrons. The summed E-state index contributed by atoms with van der Waals surface area (Å²) in [4.78, 5) is 31.5. The minimum atomic E-state index is -0.593. The molecule has 1 fully saturated rings. The highest BCUT2D eigenvalue weighted by Gasteiger charge is 2.48. The summed E-state index contributed by atoms with van der Waals surface area (Å²) >= 11 is 0. The number of likely N-dealkylation sites (N-methyl/N-ethyl adjacent to an activating group) is 2. The van der Waals surface area contributed by atoms with Crippen LogP contribution < -0.4 is 10.7 Å². The first-order valence-electron chi connectivity index (χ1n) is 7.94. The molecule has 2 unspecified atom stereocenters. The summed E-state index contributed by atoms with van der Waals surface area (Å²) in [6.07, 6.45) is -0.593. The van der Waals surface area contributed by atoms with E-state index in [2.05, 4.69) is 20.8 Å². The summed E-state index contributed by atoms with van der Waals surface area (Å²) in [7, 11) is 1.59. The van der Waals surface area contributed by atoms with Crippen molar-refractivity contribution >= 4 is 23.6 Å². The first-order chi connectivity index (χ1) is 11.9. The number of rotatable bonds is 3. The Labute approximate surface area is 145 Å². The number of carbonyl (C=O) groups is 2. The van der Waals surface area contributed by atoms with E-state index in [1.807, 2.05) is 6.92 Å². The molecule has 0 aliphatic carbocycles. The number of aromatic hydroxyl groups is 1. The first kappa shape index (κ1) is 16.7. The summed E-state index contributed by atoms with van der Waals surface area (Å²) in [6, 6.07) is 5.81. The van der Waals surface area contributed by atoms with Gasteiger partial charge in [0.05, 0.1) is 5.71 Å². The van der Waals surface area contributed by atoms with E-state index in [4.69, 9.17) is 0 Å². The molecule has 0 aromatic heterocycles. The van der Waals surface area contributed by atoms with Crippen LogP contribution in [0.4, 0.5) is 4.79 Å².